The first-order valence-electron chi connectivity index (χ1n) is 5.35. The van der Waals surface area contributed by atoms with Crippen LogP contribution in [0.25, 0.3) is 0 Å². The molecule has 0 amide bonds. The van der Waals surface area contributed by atoms with Crippen LogP contribution in [0.3, 0.4) is 0 Å². The Morgan fingerprint density at radius 3 is 2.13 bits per heavy atom. The van der Waals surface area contributed by atoms with E-state index in [-0.39, 0.29) is 0 Å². The Morgan fingerprint density at radius 1 is 1.20 bits per heavy atom. The van der Waals surface area contributed by atoms with E-state index in [1.54, 1.807) is 0 Å². The van der Waals surface area contributed by atoms with Gasteiger partial charge in [-0.3, -0.25) is 0 Å². The highest BCUT2D eigenvalue weighted by atomic mass is 16.7. The Hall–Kier alpha value is -0.630. The van der Waals surface area contributed by atoms with Gasteiger partial charge in [0.15, 0.2) is 6.29 Å². The van der Waals surface area contributed by atoms with Crippen LogP contribution < -0.4 is 0 Å². The third-order valence-corrected chi connectivity index (χ3v) is 3.26. The number of nitriles is 1. The lowest BCUT2D eigenvalue weighted by Gasteiger charge is -2.37. The van der Waals surface area contributed by atoms with E-state index in [2.05, 4.69) is 6.07 Å². The first kappa shape index (κ1) is 12.4. The minimum absolute atomic E-state index is 0.686. The summed E-state index contributed by atoms with van der Waals surface area (Å²) >= 11 is 0. The molecule has 0 spiro atoms. The zero-order valence-electron chi connectivity index (χ0n) is 9.40. The molecule has 1 fully saturated rings. The van der Waals surface area contributed by atoms with Crippen LogP contribution in [0.1, 0.15) is 32.1 Å². The molecule has 0 aliphatic heterocycles. The van der Waals surface area contributed by atoms with Crippen LogP contribution in [-0.4, -0.2) is 31.7 Å². The van der Waals surface area contributed by atoms with Gasteiger partial charge in [-0.1, -0.05) is 19.3 Å². The predicted molar refractivity (Wildman–Crippen MR) is 54.9 cm³/mol. The lowest BCUT2D eigenvalue weighted by Crippen LogP contribution is -2.45. The van der Waals surface area contributed by atoms with Gasteiger partial charge in [0.05, 0.1) is 11.5 Å². The summed E-state index contributed by atoms with van der Waals surface area (Å²) in [4.78, 5) is 0. The standard InChI is InChI=1S/C11H19NO3/c1-14-10(15-2)9(13)11(8-12)6-4-3-5-7-11/h9-10,13H,3-7H2,1-2H3. The third kappa shape index (κ3) is 2.49. The summed E-state index contributed by atoms with van der Waals surface area (Å²) in [5.41, 5.74) is -0.686. The third-order valence-electron chi connectivity index (χ3n) is 3.26. The fourth-order valence-corrected chi connectivity index (χ4v) is 2.27. The van der Waals surface area contributed by atoms with Crippen molar-refractivity contribution in [2.24, 2.45) is 5.41 Å². The Bertz CT molecular complexity index is 226. The van der Waals surface area contributed by atoms with Crippen LogP contribution >= 0.6 is 0 Å². The summed E-state index contributed by atoms with van der Waals surface area (Å²) in [5, 5.41) is 19.3. The Kier molecular flexibility index (Phi) is 4.52. The Labute approximate surface area is 90.8 Å². The summed E-state index contributed by atoms with van der Waals surface area (Å²) in [6.45, 7) is 0. The van der Waals surface area contributed by atoms with E-state index in [0.29, 0.717) is 0 Å². The highest BCUT2D eigenvalue weighted by Gasteiger charge is 2.43. The lowest BCUT2D eigenvalue weighted by molar-refractivity contribution is -0.193. The average molecular weight is 213 g/mol. The van der Waals surface area contributed by atoms with Gasteiger partial charge in [-0.05, 0) is 12.8 Å². The molecule has 0 saturated heterocycles. The fraction of sp³-hybridized carbons (Fsp3) is 0.909. The van der Waals surface area contributed by atoms with Crippen LogP contribution in [0, 0.1) is 16.7 Å². The van der Waals surface area contributed by atoms with Gasteiger partial charge < -0.3 is 14.6 Å². The second-order valence-corrected chi connectivity index (χ2v) is 4.11. The van der Waals surface area contributed by atoms with Crippen LogP contribution in [-0.2, 0) is 9.47 Å². The molecule has 4 nitrogen and oxygen atoms in total. The van der Waals surface area contributed by atoms with Crippen LogP contribution in [0.15, 0.2) is 0 Å². The summed E-state index contributed by atoms with van der Waals surface area (Å²) in [7, 11) is 2.95. The molecule has 0 radical (unpaired) electrons. The van der Waals surface area contributed by atoms with Gasteiger partial charge >= 0.3 is 0 Å². The fourth-order valence-electron chi connectivity index (χ4n) is 2.27. The highest BCUT2D eigenvalue weighted by molar-refractivity contribution is 5.05. The Morgan fingerprint density at radius 2 is 1.73 bits per heavy atom. The van der Waals surface area contributed by atoms with E-state index in [0.717, 1.165) is 32.1 Å². The maximum Gasteiger partial charge on any atom is 0.184 e. The van der Waals surface area contributed by atoms with E-state index >= 15 is 0 Å². The van der Waals surface area contributed by atoms with E-state index in [1.165, 1.54) is 14.2 Å². The van der Waals surface area contributed by atoms with Crippen molar-refractivity contribution in [3.8, 4) is 6.07 Å². The number of hydrogen-bond donors (Lipinski definition) is 1. The molecular formula is C11H19NO3. The summed E-state index contributed by atoms with van der Waals surface area (Å²) in [6, 6.07) is 2.26. The lowest BCUT2D eigenvalue weighted by atomic mass is 9.71. The SMILES string of the molecule is COC(OC)C(O)C1(C#N)CCCCC1. The zero-order valence-corrected chi connectivity index (χ0v) is 9.40. The maximum atomic E-state index is 10.1. The van der Waals surface area contributed by atoms with Crippen molar-refractivity contribution < 1.29 is 14.6 Å². The highest BCUT2D eigenvalue weighted by Crippen LogP contribution is 2.40. The van der Waals surface area contributed by atoms with E-state index in [4.69, 9.17) is 9.47 Å². The molecule has 15 heavy (non-hydrogen) atoms. The normalized spacial score (nSPS) is 22.3. The molecule has 0 aromatic carbocycles. The molecule has 86 valence electrons. The summed E-state index contributed by atoms with van der Waals surface area (Å²) in [6.07, 6.45) is 3.01. The second-order valence-electron chi connectivity index (χ2n) is 4.11. The molecule has 1 N–H and O–H groups in total. The summed E-state index contributed by atoms with van der Waals surface area (Å²) in [5.74, 6) is 0. The van der Waals surface area contributed by atoms with Crippen molar-refractivity contribution in [3.05, 3.63) is 0 Å². The molecule has 0 bridgehead atoms. The number of nitrogens with zero attached hydrogens (tertiary/aromatic N) is 1. The molecule has 0 aromatic heterocycles. The quantitative estimate of drug-likeness (QED) is 0.718. The number of rotatable bonds is 4. The second kappa shape index (κ2) is 5.45. The van der Waals surface area contributed by atoms with E-state index in [1.807, 2.05) is 0 Å². The van der Waals surface area contributed by atoms with E-state index in [9.17, 15) is 10.4 Å². The van der Waals surface area contributed by atoms with Gasteiger partial charge in [-0.2, -0.15) is 5.26 Å². The number of aliphatic hydroxyl groups is 1. The minimum atomic E-state index is -0.863. The molecule has 1 aliphatic carbocycles. The predicted octanol–water partition coefficient (Wildman–Crippen LogP) is 1.44. The van der Waals surface area contributed by atoms with Crippen LogP contribution in [0.4, 0.5) is 0 Å². The Balaban J connectivity index is 2.76. The molecule has 1 unspecified atom stereocenters. The molecule has 4 heteroatoms. The van der Waals surface area contributed by atoms with Gasteiger partial charge in [0.2, 0.25) is 0 Å². The van der Waals surface area contributed by atoms with Crippen molar-refractivity contribution >= 4 is 0 Å². The van der Waals surface area contributed by atoms with Gasteiger partial charge in [-0.15, -0.1) is 0 Å². The monoisotopic (exact) mass is 213 g/mol. The first-order chi connectivity index (χ1) is 7.20. The molecular weight excluding hydrogens is 194 g/mol. The zero-order chi connectivity index (χ0) is 11.3. The first-order valence-corrected chi connectivity index (χ1v) is 5.35. The summed E-state index contributed by atoms with van der Waals surface area (Å²) < 4.78 is 10.0. The minimum Gasteiger partial charge on any atom is -0.386 e. The molecule has 1 atom stereocenters. The molecule has 1 aliphatic rings. The van der Waals surface area contributed by atoms with Gasteiger partial charge in [0, 0.05) is 14.2 Å². The molecule has 1 saturated carbocycles. The van der Waals surface area contributed by atoms with Crippen molar-refractivity contribution in [2.75, 3.05) is 14.2 Å². The van der Waals surface area contributed by atoms with Gasteiger partial charge in [0.1, 0.15) is 6.10 Å². The topological polar surface area (TPSA) is 62.5 Å². The smallest absolute Gasteiger partial charge is 0.184 e. The number of aliphatic hydroxyl groups excluding tert-OH is 1. The van der Waals surface area contributed by atoms with E-state index < -0.39 is 17.8 Å². The average Bonchev–Trinajstić information content (AvgIpc) is 2.31. The van der Waals surface area contributed by atoms with Crippen molar-refractivity contribution in [3.63, 3.8) is 0 Å². The van der Waals surface area contributed by atoms with Crippen molar-refractivity contribution in [2.45, 2.75) is 44.5 Å². The molecule has 0 heterocycles. The van der Waals surface area contributed by atoms with Gasteiger partial charge in [-0.25, -0.2) is 0 Å². The number of hydrogen-bond acceptors (Lipinski definition) is 4. The van der Waals surface area contributed by atoms with Crippen molar-refractivity contribution in [1.29, 1.82) is 5.26 Å². The van der Waals surface area contributed by atoms with Gasteiger partial charge in [0.25, 0.3) is 0 Å². The number of methoxy groups -OCH3 is 2. The molecule has 1 rings (SSSR count). The number of ether oxygens (including phenoxy) is 2. The van der Waals surface area contributed by atoms with Crippen LogP contribution in [0.2, 0.25) is 0 Å². The maximum absolute atomic E-state index is 10.1. The largest absolute Gasteiger partial charge is 0.386 e. The molecule has 0 aromatic rings. The van der Waals surface area contributed by atoms with Crippen molar-refractivity contribution in [1.82, 2.24) is 0 Å². The van der Waals surface area contributed by atoms with Crippen LogP contribution in [0.5, 0.6) is 0 Å².